The maximum atomic E-state index is 13.3. The summed E-state index contributed by atoms with van der Waals surface area (Å²) in [5.74, 6) is 1.44. The van der Waals surface area contributed by atoms with Crippen molar-refractivity contribution < 1.29 is 19.0 Å². The lowest BCUT2D eigenvalue weighted by atomic mass is 10.2. The van der Waals surface area contributed by atoms with Crippen LogP contribution in [0.4, 0.5) is 0 Å². The molecule has 1 aliphatic rings. The number of pyridine rings is 1. The summed E-state index contributed by atoms with van der Waals surface area (Å²) in [6, 6.07) is 16.2. The van der Waals surface area contributed by atoms with E-state index in [2.05, 4.69) is 15.3 Å². The molecule has 0 saturated carbocycles. The molecule has 9 nitrogen and oxygen atoms in total. The first-order chi connectivity index (χ1) is 16.1. The molecule has 1 amide bonds. The van der Waals surface area contributed by atoms with Crippen LogP contribution in [0.2, 0.25) is 0 Å². The first-order valence-electron chi connectivity index (χ1n) is 10.3. The smallest absolute Gasteiger partial charge is 0.284 e. The number of hydrogen-bond acceptors (Lipinski definition) is 7. The van der Waals surface area contributed by atoms with Gasteiger partial charge >= 0.3 is 0 Å². The van der Waals surface area contributed by atoms with Crippen LogP contribution in [0.1, 0.15) is 21.6 Å². The Morgan fingerprint density at radius 2 is 1.88 bits per heavy atom. The van der Waals surface area contributed by atoms with Crippen molar-refractivity contribution in [2.75, 3.05) is 13.9 Å². The summed E-state index contributed by atoms with van der Waals surface area (Å²) in [5, 5.41) is 2.77. The molecule has 2 aromatic heterocycles. The fourth-order valence-electron chi connectivity index (χ4n) is 3.60. The number of nitrogens with zero attached hydrogens (tertiary/aromatic N) is 3. The van der Waals surface area contributed by atoms with Crippen LogP contribution in [-0.4, -0.2) is 34.3 Å². The summed E-state index contributed by atoms with van der Waals surface area (Å²) in [6.45, 7) is 0.620. The number of fused-ring (bicyclic) bond motifs is 2. The molecule has 0 bridgehead atoms. The van der Waals surface area contributed by atoms with E-state index >= 15 is 0 Å². The van der Waals surface area contributed by atoms with Crippen LogP contribution in [-0.2, 0) is 13.1 Å². The summed E-state index contributed by atoms with van der Waals surface area (Å²) in [6.07, 6.45) is 1.59. The second-order valence-corrected chi connectivity index (χ2v) is 7.42. The van der Waals surface area contributed by atoms with Gasteiger partial charge in [-0.2, -0.15) is 0 Å². The highest BCUT2D eigenvalue weighted by Crippen LogP contribution is 2.32. The molecule has 4 aromatic rings. The van der Waals surface area contributed by atoms with E-state index in [0.29, 0.717) is 28.4 Å². The second-order valence-electron chi connectivity index (χ2n) is 7.42. The average Bonchev–Trinajstić information content (AvgIpc) is 3.32. The van der Waals surface area contributed by atoms with Gasteiger partial charge in [0.1, 0.15) is 11.3 Å². The van der Waals surface area contributed by atoms with Crippen molar-refractivity contribution in [3.8, 4) is 17.2 Å². The zero-order chi connectivity index (χ0) is 22.8. The van der Waals surface area contributed by atoms with Crippen molar-refractivity contribution in [3.63, 3.8) is 0 Å². The Morgan fingerprint density at radius 1 is 1.09 bits per heavy atom. The Bertz CT molecular complexity index is 1400. The van der Waals surface area contributed by atoms with Gasteiger partial charge in [0.15, 0.2) is 22.8 Å². The summed E-state index contributed by atoms with van der Waals surface area (Å²) in [7, 11) is 1.59. The van der Waals surface area contributed by atoms with E-state index in [0.717, 1.165) is 11.1 Å². The lowest BCUT2D eigenvalue weighted by molar-refractivity contribution is 0.0944. The van der Waals surface area contributed by atoms with Crippen molar-refractivity contribution in [1.82, 2.24) is 19.9 Å². The molecule has 5 rings (SSSR count). The highest BCUT2D eigenvalue weighted by molar-refractivity contribution is 5.93. The highest BCUT2D eigenvalue weighted by Gasteiger charge is 2.19. The monoisotopic (exact) mass is 444 g/mol. The van der Waals surface area contributed by atoms with Gasteiger partial charge in [-0.1, -0.05) is 18.2 Å². The van der Waals surface area contributed by atoms with Gasteiger partial charge in [0, 0.05) is 12.7 Å². The molecule has 0 aliphatic carbocycles. The molecule has 0 atom stereocenters. The largest absolute Gasteiger partial charge is 0.497 e. The number of benzene rings is 2. The normalized spacial score (nSPS) is 12.0. The lowest BCUT2D eigenvalue weighted by Crippen LogP contribution is -2.35. The maximum Gasteiger partial charge on any atom is 0.284 e. The maximum absolute atomic E-state index is 13.3. The second kappa shape index (κ2) is 8.62. The number of methoxy groups -OCH3 is 1. The molecular formula is C24H20N4O5. The zero-order valence-corrected chi connectivity index (χ0v) is 17.8. The number of amides is 1. The van der Waals surface area contributed by atoms with Crippen LogP contribution in [0, 0.1) is 0 Å². The average molecular weight is 444 g/mol. The van der Waals surface area contributed by atoms with Crippen molar-refractivity contribution in [2.24, 2.45) is 0 Å². The van der Waals surface area contributed by atoms with Gasteiger partial charge in [-0.05, 0) is 47.5 Å². The Labute approximate surface area is 188 Å². The molecule has 2 aromatic carbocycles. The Balaban J connectivity index is 1.44. The topological polar surface area (TPSA) is 105 Å². The fourth-order valence-corrected chi connectivity index (χ4v) is 3.60. The van der Waals surface area contributed by atoms with Crippen LogP contribution in [0.25, 0.3) is 11.2 Å². The molecule has 33 heavy (non-hydrogen) atoms. The predicted molar refractivity (Wildman–Crippen MR) is 120 cm³/mol. The molecule has 0 unspecified atom stereocenters. The molecule has 3 heterocycles. The van der Waals surface area contributed by atoms with Crippen molar-refractivity contribution in [3.05, 3.63) is 88.0 Å². The summed E-state index contributed by atoms with van der Waals surface area (Å²) < 4.78 is 17.3. The van der Waals surface area contributed by atoms with Crippen molar-refractivity contribution in [2.45, 2.75) is 13.1 Å². The van der Waals surface area contributed by atoms with Crippen LogP contribution in [0.3, 0.4) is 0 Å². The molecule has 0 radical (unpaired) electrons. The Morgan fingerprint density at radius 3 is 2.70 bits per heavy atom. The number of rotatable bonds is 6. The van der Waals surface area contributed by atoms with Gasteiger partial charge in [-0.25, -0.2) is 9.97 Å². The van der Waals surface area contributed by atoms with Gasteiger partial charge in [-0.3, -0.25) is 14.2 Å². The van der Waals surface area contributed by atoms with Crippen LogP contribution >= 0.6 is 0 Å². The summed E-state index contributed by atoms with van der Waals surface area (Å²) in [5.41, 5.74) is 1.84. The predicted octanol–water partition coefficient (Wildman–Crippen LogP) is 2.51. The first-order valence-corrected chi connectivity index (χ1v) is 10.3. The van der Waals surface area contributed by atoms with E-state index < -0.39 is 11.5 Å². The minimum Gasteiger partial charge on any atom is -0.497 e. The van der Waals surface area contributed by atoms with Gasteiger partial charge in [0.05, 0.1) is 13.7 Å². The summed E-state index contributed by atoms with van der Waals surface area (Å²) >= 11 is 0. The zero-order valence-electron chi connectivity index (χ0n) is 17.8. The van der Waals surface area contributed by atoms with Crippen LogP contribution in [0.5, 0.6) is 17.2 Å². The Kier molecular flexibility index (Phi) is 5.35. The number of carbonyl (C=O) groups excluding carboxylic acids is 1. The van der Waals surface area contributed by atoms with Gasteiger partial charge < -0.3 is 19.5 Å². The van der Waals surface area contributed by atoms with Crippen LogP contribution < -0.4 is 25.1 Å². The standard InChI is InChI=1S/C24H20N4O5/c1-31-17-7-4-15(5-8-17)13-28-22-18(3-2-10-25-22)27-21(24(28)30)23(29)26-12-16-6-9-19-20(11-16)33-14-32-19/h2-11H,12-14H2,1H3,(H,26,29). The fraction of sp³-hybridized carbons (Fsp3) is 0.167. The Hall–Kier alpha value is -4.40. The van der Waals surface area contributed by atoms with E-state index in [1.54, 1.807) is 37.6 Å². The third-order valence-electron chi connectivity index (χ3n) is 5.31. The number of aromatic nitrogens is 3. The number of carbonyl (C=O) groups is 1. The van der Waals surface area contributed by atoms with E-state index in [4.69, 9.17) is 14.2 Å². The SMILES string of the molecule is COc1ccc(Cn2c(=O)c(C(=O)NCc3ccc4c(c3)OCO4)nc3cccnc32)cc1. The number of nitrogens with one attached hydrogen (secondary N) is 1. The molecule has 1 aliphatic heterocycles. The van der Waals surface area contributed by atoms with Gasteiger partial charge in [0.2, 0.25) is 6.79 Å². The minimum atomic E-state index is -0.563. The highest BCUT2D eigenvalue weighted by atomic mass is 16.7. The molecule has 1 N–H and O–H groups in total. The first kappa shape index (κ1) is 20.5. The molecular weight excluding hydrogens is 424 g/mol. The molecule has 0 fully saturated rings. The van der Waals surface area contributed by atoms with Crippen LogP contribution in [0.15, 0.2) is 65.6 Å². The minimum absolute atomic E-state index is 0.175. The number of hydrogen-bond donors (Lipinski definition) is 1. The lowest BCUT2D eigenvalue weighted by Gasteiger charge is -2.12. The van der Waals surface area contributed by atoms with E-state index in [1.165, 1.54) is 4.57 Å². The van der Waals surface area contributed by atoms with Gasteiger partial charge in [0.25, 0.3) is 11.5 Å². The van der Waals surface area contributed by atoms with Crippen molar-refractivity contribution in [1.29, 1.82) is 0 Å². The molecule has 0 spiro atoms. The van der Waals surface area contributed by atoms with E-state index in [1.807, 2.05) is 30.3 Å². The molecule has 166 valence electrons. The number of ether oxygens (including phenoxy) is 3. The quantitative estimate of drug-likeness (QED) is 0.487. The molecule has 9 heteroatoms. The third-order valence-corrected chi connectivity index (χ3v) is 5.31. The summed E-state index contributed by atoms with van der Waals surface area (Å²) in [4.78, 5) is 34.8. The molecule has 0 saturated heterocycles. The van der Waals surface area contributed by atoms with E-state index in [-0.39, 0.29) is 25.6 Å². The third kappa shape index (κ3) is 4.08. The van der Waals surface area contributed by atoms with Crippen molar-refractivity contribution >= 4 is 17.1 Å². The van der Waals surface area contributed by atoms with Gasteiger partial charge in [-0.15, -0.1) is 0 Å². The van der Waals surface area contributed by atoms with E-state index in [9.17, 15) is 9.59 Å².